The molecular formula is C25H38N2. The predicted molar refractivity (Wildman–Crippen MR) is 121 cm³/mol. The van der Waals surface area contributed by atoms with Gasteiger partial charge >= 0.3 is 0 Å². The molecule has 0 aliphatic rings. The second-order valence-corrected chi connectivity index (χ2v) is 9.08. The van der Waals surface area contributed by atoms with Crippen LogP contribution >= 0.6 is 0 Å². The van der Waals surface area contributed by atoms with Crippen molar-refractivity contribution in [3.63, 3.8) is 0 Å². The molecule has 0 bridgehead atoms. The van der Waals surface area contributed by atoms with Crippen molar-refractivity contribution >= 4 is 11.4 Å². The summed E-state index contributed by atoms with van der Waals surface area (Å²) in [5.41, 5.74) is 22.8. The maximum atomic E-state index is 6.37. The van der Waals surface area contributed by atoms with Gasteiger partial charge in [0.15, 0.2) is 0 Å². The molecule has 2 aromatic rings. The van der Waals surface area contributed by atoms with Crippen molar-refractivity contribution in [3.8, 4) is 0 Å². The molecule has 27 heavy (non-hydrogen) atoms. The minimum Gasteiger partial charge on any atom is -0.398 e. The lowest BCUT2D eigenvalue weighted by Gasteiger charge is -2.25. The molecule has 0 spiro atoms. The summed E-state index contributed by atoms with van der Waals surface area (Å²) in [6.07, 6.45) is 0.932. The van der Waals surface area contributed by atoms with Gasteiger partial charge in [0.25, 0.3) is 0 Å². The first-order valence-electron chi connectivity index (χ1n) is 10.4. The van der Waals surface area contributed by atoms with Gasteiger partial charge < -0.3 is 11.5 Å². The highest BCUT2D eigenvalue weighted by molar-refractivity contribution is 5.60. The number of nitrogens with two attached hydrogens (primary N) is 2. The van der Waals surface area contributed by atoms with E-state index in [0.29, 0.717) is 23.7 Å². The highest BCUT2D eigenvalue weighted by Crippen LogP contribution is 2.38. The molecule has 2 rings (SSSR count). The lowest BCUT2D eigenvalue weighted by molar-refractivity contribution is 0.768. The molecule has 2 aromatic carbocycles. The number of rotatable bonds is 6. The third kappa shape index (κ3) is 4.31. The van der Waals surface area contributed by atoms with Gasteiger partial charge in [0.2, 0.25) is 0 Å². The molecule has 4 N–H and O–H groups in total. The molecule has 0 radical (unpaired) electrons. The Morgan fingerprint density at radius 2 is 0.815 bits per heavy atom. The van der Waals surface area contributed by atoms with E-state index in [1.54, 1.807) is 0 Å². The molecule has 0 fully saturated rings. The fourth-order valence-electron chi connectivity index (χ4n) is 4.56. The zero-order valence-corrected chi connectivity index (χ0v) is 18.5. The molecule has 2 heteroatoms. The van der Waals surface area contributed by atoms with Crippen LogP contribution in [0.2, 0.25) is 0 Å². The first-order chi connectivity index (χ1) is 12.6. The van der Waals surface area contributed by atoms with E-state index >= 15 is 0 Å². The van der Waals surface area contributed by atoms with Crippen molar-refractivity contribution < 1.29 is 0 Å². The van der Waals surface area contributed by atoms with E-state index in [4.69, 9.17) is 11.5 Å². The van der Waals surface area contributed by atoms with Gasteiger partial charge in [-0.15, -0.1) is 0 Å². The summed E-state index contributed by atoms with van der Waals surface area (Å²) in [7, 11) is 0. The molecule has 2 nitrogen and oxygen atoms in total. The third-order valence-electron chi connectivity index (χ3n) is 5.51. The van der Waals surface area contributed by atoms with E-state index in [1.807, 2.05) is 0 Å². The lowest BCUT2D eigenvalue weighted by atomic mass is 9.80. The Hall–Kier alpha value is -1.96. The van der Waals surface area contributed by atoms with Crippen molar-refractivity contribution in [1.29, 1.82) is 0 Å². The molecule has 0 heterocycles. The van der Waals surface area contributed by atoms with E-state index < -0.39 is 0 Å². The Morgan fingerprint density at radius 3 is 1.07 bits per heavy atom. The SMILES string of the molecule is CC(C)c1c(N)ccc(Cc2ccc(N)c(C(C)C)c2C(C)C)c1C(C)C. The first-order valence-corrected chi connectivity index (χ1v) is 10.4. The standard InChI is InChI=1S/C25H38N2/c1-14(2)22-18(9-11-20(26)24(22)16(5)6)13-19-10-12-21(27)25(17(7)8)23(19)15(3)4/h9-12,14-17H,13,26-27H2,1-8H3. The van der Waals surface area contributed by atoms with Crippen LogP contribution in [-0.2, 0) is 6.42 Å². The van der Waals surface area contributed by atoms with E-state index in [-0.39, 0.29) is 0 Å². The van der Waals surface area contributed by atoms with Gasteiger partial charge in [-0.25, -0.2) is 0 Å². The maximum absolute atomic E-state index is 6.37. The van der Waals surface area contributed by atoms with Gasteiger partial charge in [0, 0.05) is 11.4 Å². The molecular weight excluding hydrogens is 328 g/mol. The van der Waals surface area contributed by atoms with Crippen LogP contribution in [0.1, 0.15) is 112 Å². The molecule has 0 amide bonds. The van der Waals surface area contributed by atoms with Crippen LogP contribution in [0.15, 0.2) is 24.3 Å². The van der Waals surface area contributed by atoms with Crippen LogP contribution in [0, 0.1) is 0 Å². The summed E-state index contributed by atoms with van der Waals surface area (Å²) < 4.78 is 0. The second-order valence-electron chi connectivity index (χ2n) is 9.08. The van der Waals surface area contributed by atoms with Crippen molar-refractivity contribution in [2.45, 2.75) is 85.5 Å². The molecule has 0 aliphatic carbocycles. The Labute approximate surface area is 166 Å². The molecule has 148 valence electrons. The first kappa shape index (κ1) is 21.3. The van der Waals surface area contributed by atoms with Crippen LogP contribution in [0.25, 0.3) is 0 Å². The van der Waals surface area contributed by atoms with Gasteiger partial charge in [-0.1, -0.05) is 67.5 Å². The number of hydrogen-bond acceptors (Lipinski definition) is 2. The number of nitrogen functional groups attached to an aromatic ring is 2. The van der Waals surface area contributed by atoms with E-state index in [0.717, 1.165) is 17.8 Å². The third-order valence-corrected chi connectivity index (χ3v) is 5.51. The summed E-state index contributed by atoms with van der Waals surface area (Å²) in [5, 5.41) is 0. The van der Waals surface area contributed by atoms with Gasteiger partial charge in [-0.05, 0) is 75.6 Å². The van der Waals surface area contributed by atoms with Crippen LogP contribution in [-0.4, -0.2) is 0 Å². The Morgan fingerprint density at radius 1 is 0.519 bits per heavy atom. The molecule has 0 saturated heterocycles. The van der Waals surface area contributed by atoms with E-state index in [9.17, 15) is 0 Å². The Bertz CT molecular complexity index is 731. The Balaban J connectivity index is 2.68. The van der Waals surface area contributed by atoms with Crippen molar-refractivity contribution in [3.05, 3.63) is 57.6 Å². The topological polar surface area (TPSA) is 52.0 Å². The average molecular weight is 367 g/mol. The van der Waals surface area contributed by atoms with Crippen LogP contribution in [0.4, 0.5) is 11.4 Å². The van der Waals surface area contributed by atoms with Crippen LogP contribution in [0.3, 0.4) is 0 Å². The second kappa shape index (κ2) is 8.37. The molecule has 0 aliphatic heterocycles. The minimum atomic E-state index is 0.421. The fraction of sp³-hybridized carbons (Fsp3) is 0.520. The minimum absolute atomic E-state index is 0.421. The number of benzene rings is 2. The fourth-order valence-corrected chi connectivity index (χ4v) is 4.56. The molecule has 0 atom stereocenters. The normalized spacial score (nSPS) is 12.0. The van der Waals surface area contributed by atoms with Gasteiger partial charge in [0.1, 0.15) is 0 Å². The van der Waals surface area contributed by atoms with Crippen molar-refractivity contribution in [1.82, 2.24) is 0 Å². The zero-order chi connectivity index (χ0) is 20.5. The largest absolute Gasteiger partial charge is 0.398 e. The predicted octanol–water partition coefficient (Wildman–Crippen LogP) is 6.94. The molecule has 0 aromatic heterocycles. The average Bonchev–Trinajstić information content (AvgIpc) is 2.55. The van der Waals surface area contributed by atoms with Gasteiger partial charge in [-0.2, -0.15) is 0 Å². The van der Waals surface area contributed by atoms with E-state index in [2.05, 4.69) is 79.7 Å². The zero-order valence-electron chi connectivity index (χ0n) is 18.5. The highest BCUT2D eigenvalue weighted by Gasteiger charge is 2.21. The maximum Gasteiger partial charge on any atom is 0.0352 e. The summed E-state index contributed by atoms with van der Waals surface area (Å²) in [6, 6.07) is 8.64. The summed E-state index contributed by atoms with van der Waals surface area (Å²) >= 11 is 0. The van der Waals surface area contributed by atoms with Gasteiger partial charge in [0.05, 0.1) is 0 Å². The quantitative estimate of drug-likeness (QED) is 0.544. The molecule has 0 unspecified atom stereocenters. The summed E-state index contributed by atoms with van der Waals surface area (Å²) in [5.74, 6) is 1.73. The summed E-state index contributed by atoms with van der Waals surface area (Å²) in [4.78, 5) is 0. The Kier molecular flexibility index (Phi) is 6.62. The number of anilines is 2. The summed E-state index contributed by atoms with van der Waals surface area (Å²) in [6.45, 7) is 18.0. The van der Waals surface area contributed by atoms with Crippen molar-refractivity contribution in [2.75, 3.05) is 11.5 Å². The smallest absolute Gasteiger partial charge is 0.0352 e. The lowest BCUT2D eigenvalue weighted by Crippen LogP contribution is -2.11. The number of hydrogen-bond donors (Lipinski definition) is 2. The van der Waals surface area contributed by atoms with Crippen LogP contribution < -0.4 is 11.5 Å². The monoisotopic (exact) mass is 366 g/mol. The van der Waals surface area contributed by atoms with Crippen LogP contribution in [0.5, 0.6) is 0 Å². The highest BCUT2D eigenvalue weighted by atomic mass is 14.6. The van der Waals surface area contributed by atoms with E-state index in [1.165, 1.54) is 33.4 Å². The van der Waals surface area contributed by atoms with Gasteiger partial charge in [-0.3, -0.25) is 0 Å². The molecule has 0 saturated carbocycles. The van der Waals surface area contributed by atoms with Crippen molar-refractivity contribution in [2.24, 2.45) is 0 Å².